The predicted molar refractivity (Wildman–Crippen MR) is 306 cm³/mol. The standard InChI is InChI=1S/C43H42N12O25S8/c44-37-31(19-35(85(68,69)70)39(46)41(37)54-48-25-7-11-29(12-8-25)81(58,59)16-15-80-88(77,78)79)52-50-27-5-3-23(33(17-27)83(62,63)64)1-2-24-4-6-28(18-34(24)84(65,66)67)51-53-32-20-36(86(71,72)73)40(47)42(38(32)45)55-49-26-9-13-30(14-10-26)82(60,61)43(21-56,22-57)87(74,75)76/h1-14,17-20,56-57H,15-16,21-22,44-47H2,(H,62,63,64)(H,65,66,67)(H,68,69,70)(H,71,72,73)(H,74,75,76)(H,77,78,79)/b2-1+,52-50?,53-51?,54-48?,55-49-. The molecule has 6 aromatic carbocycles. The fourth-order valence-electron chi connectivity index (χ4n) is 7.16. The van der Waals surface area contributed by atoms with Gasteiger partial charge in [-0.05, 0) is 96.1 Å². The summed E-state index contributed by atoms with van der Waals surface area (Å²) in [5.41, 5.74) is 17.0. The molecule has 0 unspecified atom stereocenters. The van der Waals surface area contributed by atoms with Crippen molar-refractivity contribution in [3.05, 3.63) is 108 Å². The quantitative estimate of drug-likeness (QED) is 0.0168. The summed E-state index contributed by atoms with van der Waals surface area (Å²) in [6.07, 6.45) is 1.89. The zero-order valence-electron chi connectivity index (χ0n) is 43.4. The molecule has 0 spiro atoms. The van der Waals surface area contributed by atoms with Gasteiger partial charge in [-0.15, -0.1) is 20.5 Å². The molecule has 0 aliphatic rings. The normalized spacial score (nSPS) is 13.7. The molecule has 0 bridgehead atoms. The van der Waals surface area contributed by atoms with Crippen LogP contribution in [0, 0.1) is 0 Å². The Bertz CT molecular complexity index is 4910. The van der Waals surface area contributed by atoms with Gasteiger partial charge >= 0.3 is 10.4 Å². The number of sulfone groups is 2. The molecule has 472 valence electrons. The van der Waals surface area contributed by atoms with E-state index < -0.39 is 192 Å². The van der Waals surface area contributed by atoms with Crippen LogP contribution in [-0.2, 0) is 84.8 Å². The van der Waals surface area contributed by atoms with Crippen molar-refractivity contribution in [1.29, 1.82) is 0 Å². The number of aliphatic hydroxyl groups excluding tert-OH is 2. The van der Waals surface area contributed by atoms with Gasteiger partial charge in [-0.1, -0.05) is 24.3 Å². The highest BCUT2D eigenvalue weighted by Gasteiger charge is 2.55. The van der Waals surface area contributed by atoms with Crippen LogP contribution in [0.2, 0.25) is 0 Å². The number of anilines is 4. The Morgan fingerprint density at radius 1 is 0.409 bits per heavy atom. The van der Waals surface area contributed by atoms with Crippen molar-refractivity contribution in [1.82, 2.24) is 0 Å². The lowest BCUT2D eigenvalue weighted by Gasteiger charge is -2.25. The topological polar surface area (TPSA) is 647 Å². The maximum absolute atomic E-state index is 13.1. The monoisotopic (exact) mass is 1380 g/mol. The zero-order valence-corrected chi connectivity index (χ0v) is 49.9. The van der Waals surface area contributed by atoms with Gasteiger partial charge in [0.25, 0.3) is 50.6 Å². The van der Waals surface area contributed by atoms with Gasteiger partial charge < -0.3 is 33.1 Å². The fourth-order valence-corrected chi connectivity index (χ4v) is 14.3. The largest absolute Gasteiger partial charge is 0.397 e. The van der Waals surface area contributed by atoms with Crippen LogP contribution >= 0.6 is 0 Å². The van der Waals surface area contributed by atoms with Crippen molar-refractivity contribution in [2.75, 3.05) is 48.5 Å². The van der Waals surface area contributed by atoms with Crippen LogP contribution in [0.15, 0.2) is 167 Å². The molecule has 0 heterocycles. The molecule has 37 nitrogen and oxygen atoms in total. The van der Waals surface area contributed by atoms with Gasteiger partial charge in [0.2, 0.25) is 13.9 Å². The smallest absolute Gasteiger partial charge is 0.396 e. The lowest BCUT2D eigenvalue weighted by atomic mass is 10.1. The molecular weight excluding hydrogens is 1340 g/mol. The zero-order chi connectivity index (χ0) is 66.0. The maximum atomic E-state index is 13.1. The van der Waals surface area contributed by atoms with Crippen molar-refractivity contribution in [3.63, 3.8) is 0 Å². The lowest BCUT2D eigenvalue weighted by molar-refractivity contribution is 0.197. The van der Waals surface area contributed by atoms with E-state index in [1.807, 2.05) is 0 Å². The van der Waals surface area contributed by atoms with E-state index >= 15 is 0 Å². The summed E-state index contributed by atoms with van der Waals surface area (Å²) in [7, 11) is -40.9. The molecule has 16 N–H and O–H groups in total. The molecule has 0 aromatic heterocycles. The third kappa shape index (κ3) is 15.8. The summed E-state index contributed by atoms with van der Waals surface area (Å²) in [6, 6.07) is 14.3. The fraction of sp³-hybridized carbons (Fsp3) is 0.116. The molecule has 0 fully saturated rings. The number of azo groups is 4. The summed E-state index contributed by atoms with van der Waals surface area (Å²) >= 11 is 0. The second-order valence-electron chi connectivity index (χ2n) is 17.4. The van der Waals surface area contributed by atoms with E-state index in [1.165, 1.54) is 0 Å². The Hall–Kier alpha value is -8.10. The maximum Gasteiger partial charge on any atom is 0.397 e. The van der Waals surface area contributed by atoms with Crippen LogP contribution < -0.4 is 22.9 Å². The first-order valence-electron chi connectivity index (χ1n) is 22.9. The number of hydrogen-bond donors (Lipinski definition) is 12. The highest BCUT2D eigenvalue weighted by molar-refractivity contribution is 8.08. The number of hydrogen-bond acceptors (Lipinski definition) is 31. The molecule has 0 saturated carbocycles. The molecule has 0 saturated heterocycles. The van der Waals surface area contributed by atoms with Crippen molar-refractivity contribution < 1.29 is 109 Å². The highest BCUT2D eigenvalue weighted by atomic mass is 32.3. The molecular formula is C43H42N12O25S8. The van der Waals surface area contributed by atoms with Gasteiger partial charge in [0.15, 0.2) is 9.84 Å². The third-order valence-electron chi connectivity index (χ3n) is 11.6. The minimum atomic E-state index is -5.65. The number of aliphatic hydroxyl groups is 2. The Labute approximate surface area is 498 Å². The number of nitrogens with zero attached hydrogens (tertiary/aromatic N) is 8. The van der Waals surface area contributed by atoms with Crippen molar-refractivity contribution in [3.8, 4) is 0 Å². The molecule has 0 aliphatic heterocycles. The second kappa shape index (κ2) is 25.5. The van der Waals surface area contributed by atoms with E-state index in [-0.39, 0.29) is 27.4 Å². The molecule has 45 heteroatoms. The van der Waals surface area contributed by atoms with E-state index in [0.717, 1.165) is 91.0 Å². The second-order valence-corrected chi connectivity index (χ2v) is 30.4. The highest BCUT2D eigenvalue weighted by Crippen LogP contribution is 2.45. The van der Waals surface area contributed by atoms with E-state index in [9.17, 15) is 100 Å². The van der Waals surface area contributed by atoms with E-state index in [1.54, 1.807) is 0 Å². The first-order valence-corrected chi connectivity index (χ1v) is 34.6. The van der Waals surface area contributed by atoms with Crippen molar-refractivity contribution in [2.24, 2.45) is 40.9 Å². The van der Waals surface area contributed by atoms with Gasteiger partial charge in [-0.2, -0.15) is 71.0 Å². The van der Waals surface area contributed by atoms with Crippen LogP contribution in [0.3, 0.4) is 0 Å². The predicted octanol–water partition coefficient (Wildman–Crippen LogP) is 4.77. The number of nitrogen functional groups attached to an aromatic ring is 4. The van der Waals surface area contributed by atoms with Crippen molar-refractivity contribution >= 4 is 161 Å². The molecule has 0 atom stereocenters. The Morgan fingerprint density at radius 3 is 1.08 bits per heavy atom. The summed E-state index contributed by atoms with van der Waals surface area (Å²) in [5, 5.41) is 49.6. The van der Waals surface area contributed by atoms with Gasteiger partial charge in [0.1, 0.15) is 42.3 Å². The van der Waals surface area contributed by atoms with Gasteiger partial charge in [-0.25, -0.2) is 21.0 Å². The van der Waals surface area contributed by atoms with Crippen molar-refractivity contribution in [2.45, 2.75) is 33.5 Å². The number of benzene rings is 6. The van der Waals surface area contributed by atoms with Crippen LogP contribution in [0.4, 0.5) is 68.2 Å². The number of rotatable bonds is 24. The first-order chi connectivity index (χ1) is 40.5. The first kappa shape index (κ1) is 69.0. The summed E-state index contributed by atoms with van der Waals surface area (Å²) in [6.45, 7) is -4.45. The SMILES string of the molecule is Nc1c(N=Nc2ccc(/C=C/c3ccc(N=Nc4cc(S(=O)(=O)O)c(N)c(/N=N\c5ccc(S(=O)(=O)C(CO)(CO)S(=O)(=O)O)cc5)c4N)cc3S(=O)(=O)O)c(S(=O)(=O)O)c2)cc(S(=O)(=O)O)c(N)c1N=Nc1ccc(S(=O)(=O)CCOS(=O)(=O)O)cc1. The summed E-state index contributed by atoms with van der Waals surface area (Å²) in [5.74, 6) is -0.871. The van der Waals surface area contributed by atoms with Crippen LogP contribution in [0.5, 0.6) is 0 Å². The number of nitrogens with two attached hydrogens (primary N) is 4. The van der Waals surface area contributed by atoms with Crippen LogP contribution in [0.25, 0.3) is 12.2 Å². The Balaban J connectivity index is 1.30. The summed E-state index contributed by atoms with van der Waals surface area (Å²) in [4.78, 5) is -5.15. The summed E-state index contributed by atoms with van der Waals surface area (Å²) < 4.78 is 256. The minimum absolute atomic E-state index is 0.106. The molecule has 6 rings (SSSR count). The minimum Gasteiger partial charge on any atom is -0.396 e. The molecule has 88 heavy (non-hydrogen) atoms. The average Bonchev–Trinajstić information content (AvgIpc) is 1.29. The Morgan fingerprint density at radius 2 is 0.750 bits per heavy atom. The average molecular weight is 1380 g/mol. The van der Waals surface area contributed by atoms with Gasteiger partial charge in [0, 0.05) is 0 Å². The molecule has 6 aromatic rings. The van der Waals surface area contributed by atoms with Crippen LogP contribution in [-0.4, -0.2) is 135 Å². The third-order valence-corrected chi connectivity index (χ3v) is 22.0. The molecule has 0 aliphatic carbocycles. The molecule has 0 amide bonds. The van der Waals surface area contributed by atoms with Gasteiger partial charge in [-0.3, -0.25) is 27.3 Å². The Kier molecular flexibility index (Phi) is 20.0. The van der Waals surface area contributed by atoms with E-state index in [0.29, 0.717) is 18.2 Å². The lowest BCUT2D eigenvalue weighted by Crippen LogP contribution is -2.52. The van der Waals surface area contributed by atoms with Crippen LogP contribution in [0.1, 0.15) is 11.1 Å². The van der Waals surface area contributed by atoms with E-state index in [4.69, 9.17) is 27.5 Å². The van der Waals surface area contributed by atoms with E-state index in [2.05, 4.69) is 45.1 Å². The molecule has 0 radical (unpaired) electrons. The van der Waals surface area contributed by atoms with Gasteiger partial charge in [0.05, 0.1) is 80.9 Å².